The van der Waals surface area contributed by atoms with Crippen molar-refractivity contribution in [1.82, 2.24) is 0 Å². The molecule has 1 aliphatic heterocycles. The van der Waals surface area contributed by atoms with Gasteiger partial charge in [-0.1, -0.05) is 0 Å². The molecule has 1 saturated heterocycles. The molecule has 104 valence electrons. The summed E-state index contributed by atoms with van der Waals surface area (Å²) >= 11 is 0. The van der Waals surface area contributed by atoms with Gasteiger partial charge in [0, 0.05) is 0 Å². The second-order valence-corrected chi connectivity index (χ2v) is 3.74. The van der Waals surface area contributed by atoms with E-state index in [4.69, 9.17) is 15.3 Å². The van der Waals surface area contributed by atoms with E-state index in [1.54, 1.807) is 0 Å². The van der Waals surface area contributed by atoms with Crippen LogP contribution in [0.2, 0.25) is 0 Å². The molecular weight excluding hydrogens is 252 g/mol. The highest BCUT2D eigenvalue weighted by Gasteiger charge is 2.57. The number of carbonyl (C=O) groups is 2. The van der Waals surface area contributed by atoms with Crippen molar-refractivity contribution < 1.29 is 44.6 Å². The summed E-state index contributed by atoms with van der Waals surface area (Å²) in [6.07, 6.45) is -5.43. The van der Waals surface area contributed by atoms with Crippen LogP contribution < -0.4 is 0 Å². The summed E-state index contributed by atoms with van der Waals surface area (Å²) in [6.45, 7) is -2.88. The molecule has 0 aromatic heterocycles. The van der Waals surface area contributed by atoms with Gasteiger partial charge < -0.3 is 35.0 Å². The highest BCUT2D eigenvalue weighted by molar-refractivity contribution is 5.91. The van der Waals surface area contributed by atoms with Gasteiger partial charge in [0.15, 0.2) is 0 Å². The van der Waals surface area contributed by atoms with Gasteiger partial charge in [0.25, 0.3) is 5.60 Å². The highest BCUT2D eigenvalue weighted by atomic mass is 16.7. The molecule has 18 heavy (non-hydrogen) atoms. The molecule has 1 heterocycles. The van der Waals surface area contributed by atoms with Crippen molar-refractivity contribution in [3.05, 3.63) is 0 Å². The number of hydrogen-bond donors (Lipinski definition) is 5. The summed E-state index contributed by atoms with van der Waals surface area (Å²) in [4.78, 5) is 22.9. The highest BCUT2D eigenvalue weighted by Crippen LogP contribution is 2.26. The monoisotopic (exact) mass is 266 g/mol. The van der Waals surface area contributed by atoms with Gasteiger partial charge in [0.05, 0.1) is 19.8 Å². The molecule has 0 saturated carbocycles. The van der Waals surface area contributed by atoms with Gasteiger partial charge in [-0.05, 0) is 0 Å². The molecule has 0 aromatic rings. The molecular formula is C9H14O9. The number of aliphatic hydroxyl groups is 5. The Morgan fingerprint density at radius 3 is 2.28 bits per heavy atom. The number of esters is 2. The first kappa shape index (κ1) is 14.8. The molecule has 9 heteroatoms. The molecule has 0 aliphatic carbocycles. The Balaban J connectivity index is 3.01. The third kappa shape index (κ3) is 2.31. The zero-order chi connectivity index (χ0) is 13.9. The van der Waals surface area contributed by atoms with Gasteiger partial charge in [-0.25, -0.2) is 9.59 Å². The lowest BCUT2D eigenvalue weighted by Gasteiger charge is -2.39. The molecule has 0 radical (unpaired) electrons. The van der Waals surface area contributed by atoms with E-state index in [-0.39, 0.29) is 0 Å². The largest absolute Gasteiger partial charge is 0.445 e. The Morgan fingerprint density at radius 1 is 1.22 bits per heavy atom. The molecule has 0 aromatic carbocycles. The molecule has 0 bridgehead atoms. The summed E-state index contributed by atoms with van der Waals surface area (Å²) in [5.41, 5.74) is -2.51. The maximum absolute atomic E-state index is 11.6. The fourth-order valence-electron chi connectivity index (χ4n) is 1.46. The molecule has 0 spiro atoms. The first-order chi connectivity index (χ1) is 8.42. The zero-order valence-corrected chi connectivity index (χ0v) is 9.22. The van der Waals surface area contributed by atoms with E-state index >= 15 is 0 Å². The minimum atomic E-state index is -2.51. The quantitative estimate of drug-likeness (QED) is 0.312. The van der Waals surface area contributed by atoms with E-state index < -0.39 is 55.7 Å². The van der Waals surface area contributed by atoms with Crippen molar-refractivity contribution >= 4 is 11.9 Å². The minimum Gasteiger partial charge on any atom is -0.445 e. The first-order valence-corrected chi connectivity index (χ1v) is 5.05. The van der Waals surface area contributed by atoms with E-state index in [9.17, 15) is 19.8 Å². The fraction of sp³-hybridized carbons (Fsp3) is 0.778. The molecule has 1 fully saturated rings. The second-order valence-electron chi connectivity index (χ2n) is 3.74. The van der Waals surface area contributed by atoms with Crippen LogP contribution in [0.15, 0.2) is 0 Å². The Morgan fingerprint density at radius 2 is 1.83 bits per heavy atom. The van der Waals surface area contributed by atoms with Crippen molar-refractivity contribution in [2.45, 2.75) is 23.9 Å². The average Bonchev–Trinajstić information content (AvgIpc) is 2.39. The van der Waals surface area contributed by atoms with E-state index in [0.717, 1.165) is 0 Å². The molecule has 5 N–H and O–H groups in total. The van der Waals surface area contributed by atoms with Crippen molar-refractivity contribution in [3.63, 3.8) is 0 Å². The number of carbonyl (C=O) groups excluding carboxylic acids is 2. The number of ether oxygens (including phenoxy) is 2. The van der Waals surface area contributed by atoms with E-state index in [2.05, 4.69) is 9.47 Å². The summed E-state index contributed by atoms with van der Waals surface area (Å²) < 4.78 is 9.07. The van der Waals surface area contributed by atoms with Crippen LogP contribution in [0, 0.1) is 0 Å². The standard InChI is InChI=1S/C9H14O9/c10-1-4(13)6(14)9(3-12)8(16)17-5(2-11)7(15)18-9/h4-6,10-14H,1-3H2. The summed E-state index contributed by atoms with van der Waals surface area (Å²) in [5.74, 6) is -2.49. The van der Waals surface area contributed by atoms with Crippen LogP contribution in [-0.4, -0.2) is 81.2 Å². The second kappa shape index (κ2) is 5.59. The Kier molecular flexibility index (Phi) is 4.59. The summed E-state index contributed by atoms with van der Waals surface area (Å²) in [5, 5.41) is 45.4. The molecule has 4 unspecified atom stereocenters. The summed E-state index contributed by atoms with van der Waals surface area (Å²) in [7, 11) is 0. The van der Waals surface area contributed by atoms with Gasteiger partial charge in [-0.15, -0.1) is 0 Å². The van der Waals surface area contributed by atoms with Gasteiger partial charge in [-0.2, -0.15) is 0 Å². The van der Waals surface area contributed by atoms with Crippen LogP contribution in [0.5, 0.6) is 0 Å². The van der Waals surface area contributed by atoms with Crippen LogP contribution in [0.3, 0.4) is 0 Å². The smallest absolute Gasteiger partial charge is 0.356 e. The normalized spacial score (nSPS) is 31.5. The van der Waals surface area contributed by atoms with Crippen molar-refractivity contribution in [1.29, 1.82) is 0 Å². The predicted molar refractivity (Wildman–Crippen MR) is 52.0 cm³/mol. The van der Waals surface area contributed by atoms with E-state index in [0.29, 0.717) is 0 Å². The number of cyclic esters (lactones) is 2. The van der Waals surface area contributed by atoms with Crippen LogP contribution in [0.4, 0.5) is 0 Å². The maximum atomic E-state index is 11.6. The van der Waals surface area contributed by atoms with Crippen molar-refractivity contribution in [2.24, 2.45) is 0 Å². The molecule has 9 nitrogen and oxygen atoms in total. The Labute approximate surface area is 101 Å². The Bertz CT molecular complexity index is 330. The lowest BCUT2D eigenvalue weighted by molar-refractivity contribution is -0.240. The van der Waals surface area contributed by atoms with E-state index in [1.165, 1.54) is 0 Å². The topological polar surface area (TPSA) is 154 Å². The number of rotatable bonds is 5. The predicted octanol–water partition coefficient (Wildman–Crippen LogP) is -4.11. The number of hydrogen-bond acceptors (Lipinski definition) is 9. The SMILES string of the molecule is O=C1OC(CO)(C(O)C(O)CO)C(=O)OC1CO. The van der Waals surface area contributed by atoms with Crippen LogP contribution in [-0.2, 0) is 19.1 Å². The first-order valence-electron chi connectivity index (χ1n) is 5.05. The lowest BCUT2D eigenvalue weighted by atomic mass is 9.92. The fourth-order valence-corrected chi connectivity index (χ4v) is 1.46. The molecule has 4 atom stereocenters. The van der Waals surface area contributed by atoms with Gasteiger partial charge in [-0.3, -0.25) is 0 Å². The van der Waals surface area contributed by atoms with Gasteiger partial charge in [0.2, 0.25) is 6.10 Å². The van der Waals surface area contributed by atoms with Gasteiger partial charge in [0.1, 0.15) is 12.2 Å². The summed E-state index contributed by atoms with van der Waals surface area (Å²) in [6, 6.07) is 0. The average molecular weight is 266 g/mol. The van der Waals surface area contributed by atoms with Gasteiger partial charge >= 0.3 is 11.9 Å². The van der Waals surface area contributed by atoms with Crippen LogP contribution >= 0.6 is 0 Å². The minimum absolute atomic E-state index is 0.815. The van der Waals surface area contributed by atoms with Crippen molar-refractivity contribution in [2.75, 3.05) is 19.8 Å². The molecule has 1 rings (SSSR count). The third-order valence-corrected chi connectivity index (χ3v) is 2.57. The number of aliphatic hydroxyl groups excluding tert-OH is 5. The maximum Gasteiger partial charge on any atom is 0.356 e. The molecule has 0 amide bonds. The lowest BCUT2D eigenvalue weighted by Crippen LogP contribution is -2.65. The molecule has 1 aliphatic rings. The zero-order valence-electron chi connectivity index (χ0n) is 9.22. The third-order valence-electron chi connectivity index (χ3n) is 2.57. The Hall–Kier alpha value is -1.26. The van der Waals surface area contributed by atoms with Crippen LogP contribution in [0.25, 0.3) is 0 Å². The van der Waals surface area contributed by atoms with Crippen LogP contribution in [0.1, 0.15) is 0 Å². The van der Waals surface area contributed by atoms with Crippen molar-refractivity contribution in [3.8, 4) is 0 Å². The van der Waals surface area contributed by atoms with E-state index in [1.807, 2.05) is 0 Å².